The van der Waals surface area contributed by atoms with Gasteiger partial charge >= 0.3 is 5.97 Å². The summed E-state index contributed by atoms with van der Waals surface area (Å²) in [5.74, 6) is -1.39. The van der Waals surface area contributed by atoms with Gasteiger partial charge in [0, 0.05) is 6.54 Å². The van der Waals surface area contributed by atoms with E-state index in [9.17, 15) is 23.1 Å². The molecule has 8 heteroatoms. The molecule has 0 aliphatic heterocycles. The Morgan fingerprint density at radius 2 is 1.70 bits per heavy atom. The van der Waals surface area contributed by atoms with E-state index in [0.717, 1.165) is 25.5 Å². The molecule has 0 aromatic heterocycles. The summed E-state index contributed by atoms with van der Waals surface area (Å²) in [6, 6.07) is -0.952. The minimum atomic E-state index is -3.55. The number of sulfonamides is 1. The van der Waals surface area contributed by atoms with Gasteiger partial charge in [0.15, 0.2) is 0 Å². The molecule has 134 valence electrons. The minimum absolute atomic E-state index is 0.0270. The molecule has 0 spiro atoms. The van der Waals surface area contributed by atoms with Crippen LogP contribution in [0.15, 0.2) is 0 Å². The third kappa shape index (κ3) is 5.76. The average Bonchev–Trinajstić information content (AvgIpc) is 2.41. The number of nitrogens with one attached hydrogen (secondary N) is 2. The van der Waals surface area contributed by atoms with Gasteiger partial charge in [-0.15, -0.1) is 0 Å². The predicted molar refractivity (Wildman–Crippen MR) is 87.4 cm³/mol. The van der Waals surface area contributed by atoms with Crippen LogP contribution in [0.1, 0.15) is 52.9 Å². The molecule has 1 aliphatic rings. The Kier molecular flexibility index (Phi) is 6.20. The fourth-order valence-electron chi connectivity index (χ4n) is 2.89. The topological polar surface area (TPSA) is 113 Å². The number of rotatable bonds is 6. The molecule has 0 saturated heterocycles. The van der Waals surface area contributed by atoms with Crippen LogP contribution >= 0.6 is 0 Å². The number of carbonyl (C=O) groups is 2. The fourth-order valence-corrected chi connectivity index (χ4v) is 3.78. The van der Waals surface area contributed by atoms with Crippen molar-refractivity contribution in [2.75, 3.05) is 12.8 Å². The lowest BCUT2D eigenvalue weighted by molar-refractivity contribution is -0.151. The summed E-state index contributed by atoms with van der Waals surface area (Å²) in [5, 5.41) is 12.2. The number of carbonyl (C=O) groups excluding carboxylic acids is 1. The average molecular weight is 348 g/mol. The van der Waals surface area contributed by atoms with E-state index in [0.29, 0.717) is 12.8 Å². The van der Waals surface area contributed by atoms with Gasteiger partial charge in [0.05, 0.1) is 11.7 Å². The van der Waals surface area contributed by atoms with Crippen molar-refractivity contribution in [3.63, 3.8) is 0 Å². The monoisotopic (exact) mass is 348 g/mol. The summed E-state index contributed by atoms with van der Waals surface area (Å²) in [5.41, 5.74) is -1.57. The molecule has 1 amide bonds. The Labute approximate surface area is 138 Å². The second-order valence-corrected chi connectivity index (χ2v) is 9.33. The normalized spacial score (nSPS) is 19.8. The molecule has 7 nitrogen and oxygen atoms in total. The SMILES string of the molecule is CC(C)(C)C(NS(C)(=O)=O)C(=O)NCC1(C(=O)O)CCCCC1. The molecule has 3 N–H and O–H groups in total. The number of aliphatic carboxylic acids is 1. The van der Waals surface area contributed by atoms with Crippen molar-refractivity contribution in [1.82, 2.24) is 10.0 Å². The van der Waals surface area contributed by atoms with E-state index in [-0.39, 0.29) is 6.54 Å². The summed E-state index contributed by atoms with van der Waals surface area (Å²) in [7, 11) is -3.55. The quantitative estimate of drug-likeness (QED) is 0.665. The summed E-state index contributed by atoms with van der Waals surface area (Å²) in [6.07, 6.45) is 4.71. The van der Waals surface area contributed by atoms with Crippen LogP contribution in [0.4, 0.5) is 0 Å². The molecular formula is C15H28N2O5S. The zero-order chi connectivity index (χ0) is 17.9. The highest BCUT2D eigenvalue weighted by molar-refractivity contribution is 7.88. The van der Waals surface area contributed by atoms with Gasteiger partial charge in [-0.3, -0.25) is 9.59 Å². The van der Waals surface area contributed by atoms with E-state index in [1.807, 2.05) is 0 Å². The molecule has 0 aromatic rings. The van der Waals surface area contributed by atoms with Crippen LogP contribution in [0.25, 0.3) is 0 Å². The first-order valence-corrected chi connectivity index (χ1v) is 9.75. The van der Waals surface area contributed by atoms with Gasteiger partial charge in [-0.2, -0.15) is 0 Å². The molecule has 23 heavy (non-hydrogen) atoms. The van der Waals surface area contributed by atoms with Crippen LogP contribution in [0.3, 0.4) is 0 Å². The third-order valence-corrected chi connectivity index (χ3v) is 4.99. The van der Waals surface area contributed by atoms with Crippen molar-refractivity contribution in [3.05, 3.63) is 0 Å². The molecule has 1 saturated carbocycles. The molecule has 1 fully saturated rings. The minimum Gasteiger partial charge on any atom is -0.481 e. The second kappa shape index (κ2) is 7.17. The number of amides is 1. The lowest BCUT2D eigenvalue weighted by Gasteiger charge is -2.35. The highest BCUT2D eigenvalue weighted by Gasteiger charge is 2.41. The standard InChI is InChI=1S/C15H28N2O5S/c1-14(2,3)11(17-23(4,21)22)12(18)16-10-15(13(19)20)8-6-5-7-9-15/h11,17H,5-10H2,1-4H3,(H,16,18)(H,19,20). The number of carboxylic acid groups (broad SMARTS) is 1. The first-order chi connectivity index (χ1) is 10.4. The highest BCUT2D eigenvalue weighted by Crippen LogP contribution is 2.36. The van der Waals surface area contributed by atoms with Gasteiger partial charge in [0.1, 0.15) is 6.04 Å². The van der Waals surface area contributed by atoms with Crippen molar-refractivity contribution >= 4 is 21.9 Å². The molecule has 1 aliphatic carbocycles. The van der Waals surface area contributed by atoms with Crippen LogP contribution in [0, 0.1) is 10.8 Å². The van der Waals surface area contributed by atoms with Crippen LogP contribution in [0.2, 0.25) is 0 Å². The Hall–Kier alpha value is -1.15. The molecule has 1 unspecified atom stereocenters. The van der Waals surface area contributed by atoms with E-state index < -0.39 is 38.8 Å². The fraction of sp³-hybridized carbons (Fsp3) is 0.867. The zero-order valence-corrected chi connectivity index (χ0v) is 15.1. The van der Waals surface area contributed by atoms with E-state index in [1.54, 1.807) is 20.8 Å². The maximum atomic E-state index is 12.4. The van der Waals surface area contributed by atoms with Crippen molar-refractivity contribution in [3.8, 4) is 0 Å². The highest BCUT2D eigenvalue weighted by atomic mass is 32.2. The Bertz CT molecular complexity index is 545. The molecule has 0 bridgehead atoms. The van der Waals surface area contributed by atoms with Gasteiger partial charge in [-0.25, -0.2) is 13.1 Å². The van der Waals surface area contributed by atoms with E-state index >= 15 is 0 Å². The first-order valence-electron chi connectivity index (χ1n) is 7.86. The lowest BCUT2D eigenvalue weighted by atomic mass is 9.74. The Morgan fingerprint density at radius 3 is 2.09 bits per heavy atom. The molecule has 0 radical (unpaired) electrons. The van der Waals surface area contributed by atoms with Gasteiger partial charge in [0.2, 0.25) is 15.9 Å². The molecule has 0 heterocycles. The number of hydrogen-bond donors (Lipinski definition) is 3. The smallest absolute Gasteiger partial charge is 0.311 e. The van der Waals surface area contributed by atoms with Crippen LogP contribution < -0.4 is 10.0 Å². The third-order valence-electron chi connectivity index (χ3n) is 4.33. The summed E-state index contributed by atoms with van der Waals surface area (Å²) >= 11 is 0. The second-order valence-electron chi connectivity index (χ2n) is 7.55. The largest absolute Gasteiger partial charge is 0.481 e. The number of carboxylic acids is 1. The summed E-state index contributed by atoms with van der Waals surface area (Å²) in [4.78, 5) is 24.1. The van der Waals surface area contributed by atoms with Gasteiger partial charge in [-0.1, -0.05) is 40.0 Å². The Morgan fingerprint density at radius 1 is 1.17 bits per heavy atom. The van der Waals surface area contributed by atoms with Gasteiger partial charge in [-0.05, 0) is 18.3 Å². The van der Waals surface area contributed by atoms with Gasteiger partial charge < -0.3 is 10.4 Å². The Balaban J connectivity index is 2.84. The summed E-state index contributed by atoms with van der Waals surface area (Å²) in [6.45, 7) is 5.29. The summed E-state index contributed by atoms with van der Waals surface area (Å²) < 4.78 is 25.3. The van der Waals surface area contributed by atoms with Crippen LogP contribution in [-0.2, 0) is 19.6 Å². The maximum absolute atomic E-state index is 12.4. The maximum Gasteiger partial charge on any atom is 0.311 e. The van der Waals surface area contributed by atoms with Crippen LogP contribution in [0.5, 0.6) is 0 Å². The zero-order valence-electron chi connectivity index (χ0n) is 14.3. The van der Waals surface area contributed by atoms with Crippen molar-refractivity contribution < 1.29 is 23.1 Å². The first kappa shape index (κ1) is 19.9. The molecule has 0 aromatic carbocycles. The van der Waals surface area contributed by atoms with E-state index in [4.69, 9.17) is 0 Å². The molecular weight excluding hydrogens is 320 g/mol. The molecule has 1 atom stereocenters. The van der Waals surface area contributed by atoms with Crippen molar-refractivity contribution in [1.29, 1.82) is 0 Å². The van der Waals surface area contributed by atoms with Crippen LogP contribution in [-0.4, -0.2) is 44.2 Å². The van der Waals surface area contributed by atoms with E-state index in [1.165, 1.54) is 0 Å². The lowest BCUT2D eigenvalue weighted by Crippen LogP contribution is -2.55. The number of hydrogen-bond acceptors (Lipinski definition) is 4. The predicted octanol–water partition coefficient (Wildman–Crippen LogP) is 1.10. The van der Waals surface area contributed by atoms with Gasteiger partial charge in [0.25, 0.3) is 0 Å². The van der Waals surface area contributed by atoms with Crippen molar-refractivity contribution in [2.45, 2.75) is 58.9 Å². The molecule has 1 rings (SSSR count). The van der Waals surface area contributed by atoms with Crippen molar-refractivity contribution in [2.24, 2.45) is 10.8 Å². The van der Waals surface area contributed by atoms with E-state index in [2.05, 4.69) is 10.0 Å².